The van der Waals surface area contributed by atoms with Crippen molar-refractivity contribution >= 4 is 47.2 Å². The number of carbonyl (C=O) groups is 4. The summed E-state index contributed by atoms with van der Waals surface area (Å²) in [5.41, 5.74) is 5.82. The van der Waals surface area contributed by atoms with E-state index in [-0.39, 0.29) is 6.42 Å². The number of carbonyl (C=O) groups excluding carboxylic acids is 3. The third-order valence-corrected chi connectivity index (χ3v) is 5.36. The van der Waals surface area contributed by atoms with Gasteiger partial charge in [0.15, 0.2) is 6.04 Å². The second kappa shape index (κ2) is 15.3. The van der Waals surface area contributed by atoms with Crippen molar-refractivity contribution in [1.29, 1.82) is 0 Å². The van der Waals surface area contributed by atoms with E-state index in [2.05, 4.69) is 16.0 Å². The molecule has 0 saturated carbocycles. The SMILES string of the molecule is CSCCC(N)C(=O)NC(CCSC)C(=O)NC(CO)C(=O)NC(C(=O)O)C(C)O. The maximum atomic E-state index is 12.6. The van der Waals surface area contributed by atoms with Crippen LogP contribution in [0.3, 0.4) is 0 Å². The molecule has 0 aliphatic heterocycles. The molecule has 8 N–H and O–H groups in total. The van der Waals surface area contributed by atoms with Crippen LogP contribution in [0.5, 0.6) is 0 Å². The lowest BCUT2D eigenvalue weighted by Crippen LogP contribution is -2.59. The predicted molar refractivity (Wildman–Crippen MR) is 116 cm³/mol. The second-order valence-corrected chi connectivity index (χ2v) is 8.51. The highest BCUT2D eigenvalue weighted by atomic mass is 32.2. The second-order valence-electron chi connectivity index (χ2n) is 6.54. The van der Waals surface area contributed by atoms with E-state index in [0.717, 1.165) is 0 Å². The van der Waals surface area contributed by atoms with Gasteiger partial charge in [-0.3, -0.25) is 14.4 Å². The van der Waals surface area contributed by atoms with Crippen molar-refractivity contribution < 1.29 is 34.5 Å². The molecule has 30 heavy (non-hydrogen) atoms. The molecule has 0 aromatic carbocycles. The van der Waals surface area contributed by atoms with Crippen molar-refractivity contribution in [1.82, 2.24) is 16.0 Å². The molecule has 174 valence electrons. The molecule has 0 bridgehead atoms. The first-order valence-electron chi connectivity index (χ1n) is 9.25. The number of nitrogens with two attached hydrogens (primary N) is 1. The molecule has 0 heterocycles. The van der Waals surface area contributed by atoms with E-state index in [1.807, 2.05) is 12.5 Å². The molecule has 0 aliphatic rings. The minimum atomic E-state index is -1.61. The Morgan fingerprint density at radius 3 is 1.87 bits per heavy atom. The summed E-state index contributed by atoms with van der Waals surface area (Å²) < 4.78 is 0. The minimum absolute atomic E-state index is 0.263. The van der Waals surface area contributed by atoms with Gasteiger partial charge < -0.3 is 37.0 Å². The van der Waals surface area contributed by atoms with E-state index in [1.54, 1.807) is 0 Å². The average molecular weight is 469 g/mol. The van der Waals surface area contributed by atoms with E-state index >= 15 is 0 Å². The first kappa shape index (κ1) is 28.5. The van der Waals surface area contributed by atoms with Crippen molar-refractivity contribution in [3.8, 4) is 0 Å². The van der Waals surface area contributed by atoms with Crippen molar-refractivity contribution in [2.24, 2.45) is 5.73 Å². The maximum Gasteiger partial charge on any atom is 0.328 e. The summed E-state index contributed by atoms with van der Waals surface area (Å²) in [6.45, 7) is 0.375. The Kier molecular flexibility index (Phi) is 14.5. The molecule has 0 saturated heterocycles. The molecule has 11 nitrogen and oxygen atoms in total. The van der Waals surface area contributed by atoms with Crippen LogP contribution < -0.4 is 21.7 Å². The lowest BCUT2D eigenvalue weighted by Gasteiger charge is -2.24. The number of nitrogens with one attached hydrogen (secondary N) is 3. The molecule has 5 atom stereocenters. The Hall–Kier alpha value is -1.54. The zero-order valence-corrected chi connectivity index (χ0v) is 18.9. The van der Waals surface area contributed by atoms with Gasteiger partial charge in [-0.25, -0.2) is 4.79 Å². The largest absolute Gasteiger partial charge is 0.480 e. The molecular weight excluding hydrogens is 436 g/mol. The first-order chi connectivity index (χ1) is 14.1. The topological polar surface area (TPSA) is 191 Å². The third-order valence-electron chi connectivity index (χ3n) is 4.08. The van der Waals surface area contributed by atoms with E-state index in [9.17, 15) is 29.4 Å². The molecular formula is C17H32N4O7S2. The Morgan fingerprint density at radius 1 is 0.900 bits per heavy atom. The fourth-order valence-electron chi connectivity index (χ4n) is 2.27. The van der Waals surface area contributed by atoms with Gasteiger partial charge in [-0.1, -0.05) is 0 Å². The highest BCUT2D eigenvalue weighted by molar-refractivity contribution is 7.98. The van der Waals surface area contributed by atoms with E-state index in [0.29, 0.717) is 17.9 Å². The summed E-state index contributed by atoms with van der Waals surface area (Å²) in [6, 6.07) is -4.85. The Bertz CT molecular complexity index is 580. The monoisotopic (exact) mass is 468 g/mol. The van der Waals surface area contributed by atoms with Crippen LogP contribution in [0.25, 0.3) is 0 Å². The molecule has 0 radical (unpaired) electrons. The molecule has 0 spiro atoms. The van der Waals surface area contributed by atoms with E-state index in [1.165, 1.54) is 30.4 Å². The van der Waals surface area contributed by atoms with Crippen molar-refractivity contribution in [3.05, 3.63) is 0 Å². The average Bonchev–Trinajstić information content (AvgIpc) is 2.69. The van der Waals surface area contributed by atoms with Crippen LogP contribution in [0.4, 0.5) is 0 Å². The Balaban J connectivity index is 5.13. The first-order valence-corrected chi connectivity index (χ1v) is 12.0. The number of thioether (sulfide) groups is 2. The molecule has 0 aromatic heterocycles. The summed E-state index contributed by atoms with van der Waals surface area (Å²) >= 11 is 2.99. The van der Waals surface area contributed by atoms with Gasteiger partial charge in [-0.05, 0) is 43.8 Å². The van der Waals surface area contributed by atoms with Gasteiger partial charge in [0.2, 0.25) is 17.7 Å². The molecule has 0 aliphatic carbocycles. The molecule has 5 unspecified atom stereocenters. The number of rotatable bonds is 15. The zero-order chi connectivity index (χ0) is 23.3. The quantitative estimate of drug-likeness (QED) is 0.138. The highest BCUT2D eigenvalue weighted by Crippen LogP contribution is 2.04. The fourth-order valence-corrected chi connectivity index (χ4v) is 3.23. The van der Waals surface area contributed by atoms with Crippen molar-refractivity contribution in [2.45, 2.75) is 50.0 Å². The van der Waals surface area contributed by atoms with Crippen LogP contribution in [0.1, 0.15) is 19.8 Å². The normalized spacial score (nSPS) is 15.9. The predicted octanol–water partition coefficient (Wildman–Crippen LogP) is -2.27. The van der Waals surface area contributed by atoms with Crippen LogP contribution in [-0.4, -0.2) is 99.9 Å². The summed E-state index contributed by atoms with van der Waals surface area (Å²) in [5, 5.41) is 34.9. The maximum absolute atomic E-state index is 12.6. The van der Waals surface area contributed by atoms with Gasteiger partial charge in [0, 0.05) is 0 Å². The number of carboxylic acid groups (broad SMARTS) is 1. The van der Waals surface area contributed by atoms with E-state index in [4.69, 9.17) is 10.8 Å². The fraction of sp³-hybridized carbons (Fsp3) is 0.765. The van der Waals surface area contributed by atoms with Crippen molar-refractivity contribution in [2.75, 3.05) is 30.6 Å². The Labute approximate surface area is 184 Å². The molecule has 0 fully saturated rings. The van der Waals surface area contributed by atoms with Crippen LogP contribution in [0.15, 0.2) is 0 Å². The van der Waals surface area contributed by atoms with Crippen molar-refractivity contribution in [3.63, 3.8) is 0 Å². The lowest BCUT2D eigenvalue weighted by molar-refractivity contribution is -0.145. The number of carboxylic acids is 1. The summed E-state index contributed by atoms with van der Waals surface area (Å²) in [7, 11) is 0. The van der Waals surface area contributed by atoms with E-state index < -0.39 is 60.6 Å². The van der Waals surface area contributed by atoms with Crippen LogP contribution >= 0.6 is 23.5 Å². The highest BCUT2D eigenvalue weighted by Gasteiger charge is 2.31. The lowest BCUT2D eigenvalue weighted by atomic mass is 10.1. The van der Waals surface area contributed by atoms with Crippen LogP contribution in [0.2, 0.25) is 0 Å². The van der Waals surface area contributed by atoms with Gasteiger partial charge in [-0.2, -0.15) is 23.5 Å². The molecule has 0 rings (SSSR count). The standard InChI is InChI=1S/C17H32N4O7S2/c1-9(23)13(17(27)28)21-16(26)12(8-22)20-15(25)11(5-7-30-3)19-14(24)10(18)4-6-29-2/h9-13,22-23H,4-8,18H2,1-3H3,(H,19,24)(H,20,25)(H,21,26)(H,27,28). The smallest absolute Gasteiger partial charge is 0.328 e. The van der Waals surface area contributed by atoms with Gasteiger partial charge in [0.1, 0.15) is 12.1 Å². The Morgan fingerprint density at radius 2 is 1.40 bits per heavy atom. The number of aliphatic hydroxyl groups excluding tert-OH is 2. The summed E-state index contributed by atoms with van der Waals surface area (Å²) in [5.74, 6) is -2.45. The number of amides is 3. The minimum Gasteiger partial charge on any atom is -0.480 e. The zero-order valence-electron chi connectivity index (χ0n) is 17.3. The van der Waals surface area contributed by atoms with Gasteiger partial charge >= 0.3 is 5.97 Å². The third kappa shape index (κ3) is 10.5. The molecule has 3 amide bonds. The van der Waals surface area contributed by atoms with Gasteiger partial charge in [0.05, 0.1) is 18.8 Å². The van der Waals surface area contributed by atoms with Gasteiger partial charge in [0.25, 0.3) is 0 Å². The molecule has 13 heteroatoms. The van der Waals surface area contributed by atoms with Crippen LogP contribution in [0, 0.1) is 0 Å². The number of aliphatic hydroxyl groups is 2. The number of hydrogen-bond acceptors (Lipinski definition) is 9. The van der Waals surface area contributed by atoms with Gasteiger partial charge in [-0.15, -0.1) is 0 Å². The number of aliphatic carboxylic acids is 1. The number of hydrogen-bond donors (Lipinski definition) is 7. The van der Waals surface area contributed by atoms with Crippen LogP contribution in [-0.2, 0) is 19.2 Å². The summed E-state index contributed by atoms with van der Waals surface area (Å²) in [6.07, 6.45) is 3.01. The summed E-state index contributed by atoms with van der Waals surface area (Å²) in [4.78, 5) is 48.2. The molecule has 0 aromatic rings.